The first-order valence-electron chi connectivity index (χ1n) is 11.3. The van der Waals surface area contributed by atoms with Crippen molar-refractivity contribution in [2.24, 2.45) is 0 Å². The average Bonchev–Trinajstić information content (AvgIpc) is 3.43. The SMILES string of the molecule is COc1ccccc1N1C(=O)C(CC(=O)Nc2ccc3cc[nH]c3c2)N(Cc2ccccc2Cl)C1=S. The zero-order valence-electron chi connectivity index (χ0n) is 19.4. The molecule has 5 rings (SSSR count). The minimum absolute atomic E-state index is 0.0855. The van der Waals surface area contributed by atoms with Gasteiger partial charge in [0.05, 0.1) is 19.2 Å². The van der Waals surface area contributed by atoms with E-state index >= 15 is 0 Å². The summed E-state index contributed by atoms with van der Waals surface area (Å²) in [5.41, 5.74) is 2.88. The molecule has 0 spiro atoms. The molecule has 7 nitrogen and oxygen atoms in total. The molecule has 1 aliphatic rings. The van der Waals surface area contributed by atoms with Crippen molar-refractivity contribution in [3.63, 3.8) is 0 Å². The van der Waals surface area contributed by atoms with Crippen molar-refractivity contribution >= 4 is 63.0 Å². The van der Waals surface area contributed by atoms with Crippen LogP contribution in [-0.4, -0.2) is 40.0 Å². The normalized spacial score (nSPS) is 15.6. The van der Waals surface area contributed by atoms with E-state index in [0.29, 0.717) is 22.1 Å². The number of para-hydroxylation sites is 2. The van der Waals surface area contributed by atoms with Crippen molar-refractivity contribution in [1.29, 1.82) is 0 Å². The molecule has 0 bridgehead atoms. The molecule has 1 atom stereocenters. The van der Waals surface area contributed by atoms with Gasteiger partial charge in [0.15, 0.2) is 5.11 Å². The topological polar surface area (TPSA) is 77.7 Å². The number of fused-ring (bicyclic) bond motifs is 1. The van der Waals surface area contributed by atoms with Crippen LogP contribution in [0, 0.1) is 0 Å². The maximum absolute atomic E-state index is 13.7. The molecule has 2 heterocycles. The summed E-state index contributed by atoms with van der Waals surface area (Å²) in [6, 6.07) is 21.3. The Morgan fingerprint density at radius 1 is 1.11 bits per heavy atom. The molecule has 3 aromatic carbocycles. The number of aromatic amines is 1. The molecule has 182 valence electrons. The van der Waals surface area contributed by atoms with E-state index in [9.17, 15) is 9.59 Å². The number of hydrogen-bond acceptors (Lipinski definition) is 4. The Kier molecular flexibility index (Phi) is 6.63. The number of amides is 2. The average molecular weight is 519 g/mol. The second-order valence-corrected chi connectivity index (χ2v) is 9.17. The number of methoxy groups -OCH3 is 1. The van der Waals surface area contributed by atoms with E-state index in [1.54, 1.807) is 23.1 Å². The third-order valence-corrected chi connectivity index (χ3v) is 6.95. The van der Waals surface area contributed by atoms with E-state index in [4.69, 9.17) is 28.6 Å². The quantitative estimate of drug-likeness (QED) is 0.322. The van der Waals surface area contributed by atoms with Crippen LogP contribution in [0.1, 0.15) is 12.0 Å². The third-order valence-electron chi connectivity index (χ3n) is 6.16. The lowest BCUT2D eigenvalue weighted by atomic mass is 10.1. The fourth-order valence-electron chi connectivity index (χ4n) is 4.37. The van der Waals surface area contributed by atoms with Crippen LogP contribution in [0.2, 0.25) is 5.02 Å². The number of carbonyl (C=O) groups is 2. The summed E-state index contributed by atoms with van der Waals surface area (Å²) < 4.78 is 5.48. The Hall–Kier alpha value is -3.88. The monoisotopic (exact) mass is 518 g/mol. The molecule has 1 saturated heterocycles. The summed E-state index contributed by atoms with van der Waals surface area (Å²) >= 11 is 12.2. The molecule has 0 saturated carbocycles. The van der Waals surface area contributed by atoms with E-state index in [-0.39, 0.29) is 29.9 Å². The van der Waals surface area contributed by atoms with Crippen molar-refractivity contribution in [2.75, 3.05) is 17.3 Å². The summed E-state index contributed by atoms with van der Waals surface area (Å²) in [4.78, 5) is 33.2. The van der Waals surface area contributed by atoms with Gasteiger partial charge in [-0.05, 0) is 59.6 Å². The Labute approximate surface area is 218 Å². The molecule has 4 aromatic rings. The van der Waals surface area contributed by atoms with Gasteiger partial charge in [-0.1, -0.05) is 48.0 Å². The fraction of sp³-hybridized carbons (Fsp3) is 0.148. The Balaban J connectivity index is 1.44. The number of anilines is 2. The number of nitrogens with zero attached hydrogens (tertiary/aromatic N) is 2. The van der Waals surface area contributed by atoms with Gasteiger partial charge in [-0.2, -0.15) is 0 Å². The van der Waals surface area contributed by atoms with Crippen LogP contribution in [0.25, 0.3) is 10.9 Å². The van der Waals surface area contributed by atoms with Crippen molar-refractivity contribution in [1.82, 2.24) is 9.88 Å². The van der Waals surface area contributed by atoms with Gasteiger partial charge >= 0.3 is 0 Å². The molecule has 1 fully saturated rings. The lowest BCUT2D eigenvalue weighted by Gasteiger charge is -2.24. The largest absolute Gasteiger partial charge is 0.495 e. The second-order valence-electron chi connectivity index (χ2n) is 8.40. The zero-order chi connectivity index (χ0) is 25.2. The highest BCUT2D eigenvalue weighted by molar-refractivity contribution is 7.80. The zero-order valence-corrected chi connectivity index (χ0v) is 21.0. The standard InChI is InChI=1S/C27H23ClN4O3S/c1-35-24-9-5-4-8-22(24)32-26(34)23(31(27(32)36)16-18-6-2-3-7-20(18)28)15-25(33)30-19-11-10-17-12-13-29-21(17)14-19/h2-14,23,29H,15-16H2,1H3,(H,30,33). The Bertz CT molecular complexity index is 1470. The number of thiocarbonyl (C=S) groups is 1. The van der Waals surface area contributed by atoms with Crippen molar-refractivity contribution < 1.29 is 14.3 Å². The third kappa shape index (κ3) is 4.53. The number of benzene rings is 3. The fourth-order valence-corrected chi connectivity index (χ4v) is 4.95. The van der Waals surface area contributed by atoms with Gasteiger partial charge in [0.2, 0.25) is 5.91 Å². The number of halogens is 1. The number of carbonyl (C=O) groups excluding carboxylic acids is 2. The number of rotatable bonds is 7. The van der Waals surface area contributed by atoms with Crippen LogP contribution < -0.4 is 15.0 Å². The van der Waals surface area contributed by atoms with E-state index in [1.165, 1.54) is 12.0 Å². The van der Waals surface area contributed by atoms with Crippen LogP contribution in [0.5, 0.6) is 5.75 Å². The highest BCUT2D eigenvalue weighted by atomic mass is 35.5. The van der Waals surface area contributed by atoms with Gasteiger partial charge in [0.1, 0.15) is 11.8 Å². The highest BCUT2D eigenvalue weighted by Gasteiger charge is 2.45. The summed E-state index contributed by atoms with van der Waals surface area (Å²) in [6.07, 6.45) is 1.76. The Morgan fingerprint density at radius 2 is 1.89 bits per heavy atom. The molecule has 0 radical (unpaired) electrons. The summed E-state index contributed by atoms with van der Waals surface area (Å²) in [5.74, 6) is -0.0881. The van der Waals surface area contributed by atoms with Gasteiger partial charge in [0, 0.05) is 29.0 Å². The summed E-state index contributed by atoms with van der Waals surface area (Å²) in [7, 11) is 1.54. The van der Waals surface area contributed by atoms with E-state index in [2.05, 4.69) is 10.3 Å². The van der Waals surface area contributed by atoms with E-state index in [0.717, 1.165) is 16.5 Å². The van der Waals surface area contributed by atoms with Crippen LogP contribution in [0.3, 0.4) is 0 Å². The van der Waals surface area contributed by atoms with Gasteiger partial charge in [-0.25, -0.2) is 0 Å². The minimum atomic E-state index is -0.812. The molecule has 1 aromatic heterocycles. The molecular formula is C27H23ClN4O3S. The molecule has 1 unspecified atom stereocenters. The number of nitrogens with one attached hydrogen (secondary N) is 2. The number of hydrogen-bond donors (Lipinski definition) is 2. The van der Waals surface area contributed by atoms with Crippen LogP contribution in [-0.2, 0) is 16.1 Å². The molecule has 1 aliphatic heterocycles. The summed E-state index contributed by atoms with van der Waals surface area (Å²) in [6.45, 7) is 0.280. The second kappa shape index (κ2) is 10.0. The molecule has 0 aliphatic carbocycles. The number of H-pyrrole nitrogens is 1. The van der Waals surface area contributed by atoms with Gasteiger partial charge in [0.25, 0.3) is 5.91 Å². The first-order chi connectivity index (χ1) is 17.5. The van der Waals surface area contributed by atoms with Crippen molar-refractivity contribution in [2.45, 2.75) is 19.0 Å². The van der Waals surface area contributed by atoms with E-state index < -0.39 is 6.04 Å². The van der Waals surface area contributed by atoms with Gasteiger partial charge < -0.3 is 19.9 Å². The highest BCUT2D eigenvalue weighted by Crippen LogP contribution is 2.35. The lowest BCUT2D eigenvalue weighted by Crippen LogP contribution is -2.37. The minimum Gasteiger partial charge on any atom is -0.495 e. The maximum Gasteiger partial charge on any atom is 0.256 e. The number of aromatic nitrogens is 1. The van der Waals surface area contributed by atoms with E-state index in [1.807, 2.05) is 60.8 Å². The molecule has 2 N–H and O–H groups in total. The summed E-state index contributed by atoms with van der Waals surface area (Å²) in [5, 5.41) is 4.80. The van der Waals surface area contributed by atoms with Crippen molar-refractivity contribution in [3.05, 3.63) is 89.6 Å². The molecule has 9 heteroatoms. The smallest absolute Gasteiger partial charge is 0.256 e. The number of ether oxygens (including phenoxy) is 1. The predicted octanol–water partition coefficient (Wildman–Crippen LogP) is 5.36. The lowest BCUT2D eigenvalue weighted by molar-refractivity contribution is -0.124. The first-order valence-corrected chi connectivity index (χ1v) is 12.1. The Morgan fingerprint density at radius 3 is 2.69 bits per heavy atom. The van der Waals surface area contributed by atoms with Crippen LogP contribution >= 0.6 is 23.8 Å². The van der Waals surface area contributed by atoms with Gasteiger partial charge in [-0.3, -0.25) is 14.5 Å². The van der Waals surface area contributed by atoms with Crippen molar-refractivity contribution in [3.8, 4) is 5.75 Å². The molecular weight excluding hydrogens is 496 g/mol. The van der Waals surface area contributed by atoms with Gasteiger partial charge in [-0.15, -0.1) is 0 Å². The van der Waals surface area contributed by atoms with Crippen LogP contribution in [0.4, 0.5) is 11.4 Å². The maximum atomic E-state index is 13.7. The first kappa shape index (κ1) is 23.8. The van der Waals surface area contributed by atoms with Crippen LogP contribution in [0.15, 0.2) is 79.0 Å². The predicted molar refractivity (Wildman–Crippen MR) is 145 cm³/mol. The molecule has 2 amide bonds. The molecule has 36 heavy (non-hydrogen) atoms.